The van der Waals surface area contributed by atoms with Crippen LogP contribution in [0.2, 0.25) is 0 Å². The van der Waals surface area contributed by atoms with E-state index in [1.165, 1.54) is 61.4 Å². The maximum absolute atomic E-state index is 6.74. The first-order chi connectivity index (χ1) is 9.74. The zero-order chi connectivity index (χ0) is 14.0. The lowest BCUT2D eigenvalue weighted by Gasteiger charge is -2.43. The molecule has 1 aliphatic carbocycles. The van der Waals surface area contributed by atoms with Gasteiger partial charge >= 0.3 is 0 Å². The summed E-state index contributed by atoms with van der Waals surface area (Å²) < 4.78 is 0. The van der Waals surface area contributed by atoms with Gasteiger partial charge in [0.25, 0.3) is 0 Å². The SMILES string of the molecule is CCc1ccc(CC(N)C2(N3CCCC3)CCCC2)s1. The highest BCUT2D eigenvalue weighted by Gasteiger charge is 2.45. The van der Waals surface area contributed by atoms with Crippen molar-refractivity contribution in [3.05, 3.63) is 21.9 Å². The van der Waals surface area contributed by atoms with Crippen molar-refractivity contribution >= 4 is 11.3 Å². The Morgan fingerprint density at radius 3 is 2.40 bits per heavy atom. The highest BCUT2D eigenvalue weighted by molar-refractivity contribution is 7.11. The van der Waals surface area contributed by atoms with Crippen LogP contribution in [0.1, 0.15) is 55.2 Å². The second-order valence-electron chi connectivity index (χ2n) is 6.54. The molecule has 0 bridgehead atoms. The molecule has 1 saturated heterocycles. The summed E-state index contributed by atoms with van der Waals surface area (Å²) in [4.78, 5) is 5.72. The van der Waals surface area contributed by atoms with Gasteiger partial charge in [-0.25, -0.2) is 0 Å². The summed E-state index contributed by atoms with van der Waals surface area (Å²) in [6, 6.07) is 4.89. The van der Waals surface area contributed by atoms with Crippen LogP contribution >= 0.6 is 11.3 Å². The monoisotopic (exact) mass is 292 g/mol. The minimum atomic E-state index is 0.312. The van der Waals surface area contributed by atoms with E-state index in [1.54, 1.807) is 0 Å². The second-order valence-corrected chi connectivity index (χ2v) is 7.79. The van der Waals surface area contributed by atoms with E-state index in [4.69, 9.17) is 5.73 Å². The van der Waals surface area contributed by atoms with Crippen LogP contribution in [0, 0.1) is 0 Å². The Hall–Kier alpha value is -0.380. The van der Waals surface area contributed by atoms with Gasteiger partial charge in [-0.3, -0.25) is 4.90 Å². The lowest BCUT2D eigenvalue weighted by molar-refractivity contribution is 0.0924. The maximum atomic E-state index is 6.74. The fourth-order valence-corrected chi connectivity index (χ4v) is 5.22. The topological polar surface area (TPSA) is 29.3 Å². The molecule has 2 heterocycles. The molecule has 0 amide bonds. The Morgan fingerprint density at radius 2 is 1.80 bits per heavy atom. The van der Waals surface area contributed by atoms with Gasteiger partial charge in [-0.2, -0.15) is 0 Å². The van der Waals surface area contributed by atoms with Crippen molar-refractivity contribution in [2.24, 2.45) is 5.73 Å². The van der Waals surface area contributed by atoms with Crippen molar-refractivity contribution in [2.45, 2.75) is 69.9 Å². The first-order valence-electron chi connectivity index (χ1n) is 8.33. The second kappa shape index (κ2) is 6.17. The molecule has 0 aromatic carbocycles. The molecule has 1 aromatic heterocycles. The lowest BCUT2D eigenvalue weighted by Crippen LogP contribution is -2.58. The molecule has 0 radical (unpaired) electrons. The summed E-state index contributed by atoms with van der Waals surface area (Å²) in [6.07, 6.45) is 10.3. The van der Waals surface area contributed by atoms with Gasteiger partial charge in [0.1, 0.15) is 0 Å². The summed E-state index contributed by atoms with van der Waals surface area (Å²) in [5.41, 5.74) is 7.05. The van der Waals surface area contributed by atoms with Gasteiger partial charge in [-0.1, -0.05) is 19.8 Å². The molecular formula is C17H28N2S. The van der Waals surface area contributed by atoms with Crippen LogP contribution < -0.4 is 5.73 Å². The number of likely N-dealkylation sites (tertiary alicyclic amines) is 1. The summed E-state index contributed by atoms with van der Waals surface area (Å²) in [5.74, 6) is 0. The van der Waals surface area contributed by atoms with Gasteiger partial charge in [-0.15, -0.1) is 11.3 Å². The van der Waals surface area contributed by atoms with E-state index in [0.717, 1.165) is 12.8 Å². The zero-order valence-corrected chi connectivity index (χ0v) is 13.6. The third kappa shape index (κ3) is 2.68. The van der Waals surface area contributed by atoms with Gasteiger partial charge < -0.3 is 5.73 Å². The fourth-order valence-electron chi connectivity index (χ4n) is 4.20. The van der Waals surface area contributed by atoms with Crippen molar-refractivity contribution in [3.8, 4) is 0 Å². The van der Waals surface area contributed by atoms with Crippen LogP contribution in [0.15, 0.2) is 12.1 Å². The quantitative estimate of drug-likeness (QED) is 0.898. The van der Waals surface area contributed by atoms with Gasteiger partial charge in [0.15, 0.2) is 0 Å². The van der Waals surface area contributed by atoms with Crippen LogP contribution in [0.25, 0.3) is 0 Å². The third-order valence-electron chi connectivity index (χ3n) is 5.38. The average Bonchev–Trinajstić information content (AvgIpc) is 3.19. The van der Waals surface area contributed by atoms with Gasteiger partial charge in [-0.05, 0) is 63.7 Å². The van der Waals surface area contributed by atoms with Crippen molar-refractivity contribution in [1.29, 1.82) is 0 Å². The Balaban J connectivity index is 1.73. The van der Waals surface area contributed by atoms with Crippen molar-refractivity contribution in [2.75, 3.05) is 13.1 Å². The number of thiophene rings is 1. The van der Waals surface area contributed by atoms with Crippen molar-refractivity contribution < 1.29 is 0 Å². The number of nitrogens with two attached hydrogens (primary N) is 1. The Labute approximate surface area is 127 Å². The van der Waals surface area contributed by atoms with Gasteiger partial charge in [0, 0.05) is 21.3 Å². The number of hydrogen-bond donors (Lipinski definition) is 1. The normalized spacial score (nSPS) is 24.3. The molecular weight excluding hydrogens is 264 g/mol. The standard InChI is InChI=1S/C17H28N2S/c1-2-14-7-8-15(20-14)13-16(18)17(9-3-4-10-17)19-11-5-6-12-19/h7-8,16H,2-6,9-13,18H2,1H3. The first kappa shape index (κ1) is 14.6. The molecule has 1 aliphatic heterocycles. The molecule has 1 unspecified atom stereocenters. The number of rotatable bonds is 5. The lowest BCUT2D eigenvalue weighted by atomic mass is 9.84. The molecule has 3 rings (SSSR count). The van der Waals surface area contributed by atoms with Gasteiger partial charge in [0.2, 0.25) is 0 Å². The first-order valence-corrected chi connectivity index (χ1v) is 9.14. The van der Waals surface area contributed by atoms with Crippen molar-refractivity contribution in [3.63, 3.8) is 0 Å². The molecule has 112 valence electrons. The van der Waals surface area contributed by atoms with Crippen LogP contribution in [0.5, 0.6) is 0 Å². The average molecular weight is 292 g/mol. The predicted octanol–water partition coefficient (Wildman–Crippen LogP) is 3.59. The highest BCUT2D eigenvalue weighted by Crippen LogP contribution is 2.40. The van der Waals surface area contributed by atoms with E-state index in [0.29, 0.717) is 11.6 Å². The third-order valence-corrected chi connectivity index (χ3v) is 6.63. The molecule has 1 aromatic rings. The minimum Gasteiger partial charge on any atom is -0.326 e. The van der Waals surface area contributed by atoms with Crippen LogP contribution in [0.3, 0.4) is 0 Å². The van der Waals surface area contributed by atoms with E-state index in [2.05, 4.69) is 24.0 Å². The Kier molecular flexibility index (Phi) is 4.49. The fraction of sp³-hybridized carbons (Fsp3) is 0.765. The summed E-state index contributed by atoms with van der Waals surface area (Å²) in [5, 5.41) is 0. The van der Waals surface area contributed by atoms with E-state index in [-0.39, 0.29) is 0 Å². The maximum Gasteiger partial charge on any atom is 0.0363 e. The van der Waals surface area contributed by atoms with E-state index >= 15 is 0 Å². The Bertz CT molecular complexity index is 428. The molecule has 2 nitrogen and oxygen atoms in total. The van der Waals surface area contributed by atoms with Crippen molar-refractivity contribution in [1.82, 2.24) is 4.90 Å². The number of aryl methyl sites for hydroxylation is 1. The summed E-state index contributed by atoms with van der Waals surface area (Å²) in [6.45, 7) is 4.79. The Morgan fingerprint density at radius 1 is 1.15 bits per heavy atom. The highest BCUT2D eigenvalue weighted by atomic mass is 32.1. The summed E-state index contributed by atoms with van der Waals surface area (Å²) in [7, 11) is 0. The van der Waals surface area contributed by atoms with E-state index < -0.39 is 0 Å². The van der Waals surface area contributed by atoms with Crippen LogP contribution in [-0.2, 0) is 12.8 Å². The summed E-state index contributed by atoms with van der Waals surface area (Å²) >= 11 is 1.96. The molecule has 1 saturated carbocycles. The molecule has 0 spiro atoms. The minimum absolute atomic E-state index is 0.312. The van der Waals surface area contributed by atoms with Crippen LogP contribution in [-0.4, -0.2) is 29.6 Å². The van der Waals surface area contributed by atoms with E-state index in [1.807, 2.05) is 11.3 Å². The largest absolute Gasteiger partial charge is 0.326 e. The van der Waals surface area contributed by atoms with E-state index in [9.17, 15) is 0 Å². The molecule has 20 heavy (non-hydrogen) atoms. The predicted molar refractivity (Wildman–Crippen MR) is 87.4 cm³/mol. The molecule has 2 aliphatic rings. The van der Waals surface area contributed by atoms with Gasteiger partial charge in [0.05, 0.1) is 0 Å². The smallest absolute Gasteiger partial charge is 0.0363 e. The number of nitrogens with zero attached hydrogens (tertiary/aromatic N) is 1. The zero-order valence-electron chi connectivity index (χ0n) is 12.7. The molecule has 1 atom stereocenters. The molecule has 2 N–H and O–H groups in total. The number of hydrogen-bond acceptors (Lipinski definition) is 3. The van der Waals surface area contributed by atoms with Crippen LogP contribution in [0.4, 0.5) is 0 Å². The molecule has 2 fully saturated rings. The molecule has 3 heteroatoms.